The van der Waals surface area contributed by atoms with Crippen LogP contribution in [0, 0.1) is 19.3 Å². The topological polar surface area (TPSA) is 0 Å². The molecule has 0 heterocycles. The average molecular weight is 146 g/mol. The summed E-state index contributed by atoms with van der Waals surface area (Å²) < 4.78 is 0. The number of aryl methyl sites for hydroxylation is 1. The van der Waals surface area contributed by atoms with E-state index in [1.165, 1.54) is 5.56 Å². The molecule has 1 aromatic rings. The summed E-state index contributed by atoms with van der Waals surface area (Å²) in [7, 11) is 0. The fraction of sp³-hybridized carbons (Fsp3) is 0.273. The third-order valence-electron chi connectivity index (χ3n) is 1.14. The van der Waals surface area contributed by atoms with Gasteiger partial charge in [-0.1, -0.05) is 42.8 Å². The van der Waals surface area contributed by atoms with Crippen molar-refractivity contribution in [3.8, 4) is 12.3 Å². The highest BCUT2D eigenvalue weighted by molar-refractivity contribution is 5.11. The molecule has 0 saturated carbocycles. The maximum atomic E-state index is 4.78. The Balaban J connectivity index is 0.000000218. The van der Waals surface area contributed by atoms with E-state index in [9.17, 15) is 0 Å². The predicted molar refractivity (Wildman–Crippen MR) is 50.3 cm³/mol. The summed E-state index contributed by atoms with van der Waals surface area (Å²) in [6.45, 7) is 4.03. The molecule has 0 aliphatic carbocycles. The fourth-order valence-electron chi connectivity index (χ4n) is 0.534. The van der Waals surface area contributed by atoms with Crippen LogP contribution in [0.25, 0.3) is 0 Å². The van der Waals surface area contributed by atoms with E-state index in [4.69, 9.17) is 6.42 Å². The van der Waals surface area contributed by atoms with E-state index in [1.807, 2.05) is 25.1 Å². The molecule has 0 fully saturated rings. The lowest BCUT2D eigenvalue weighted by molar-refractivity contribution is 1.28. The molecule has 0 bridgehead atoms. The first kappa shape index (κ1) is 9.78. The molecule has 0 N–H and O–H groups in total. The van der Waals surface area contributed by atoms with Crippen molar-refractivity contribution in [2.24, 2.45) is 0 Å². The Hall–Kier alpha value is -1.22. The van der Waals surface area contributed by atoms with E-state index >= 15 is 0 Å². The third-order valence-corrected chi connectivity index (χ3v) is 1.14. The van der Waals surface area contributed by atoms with Gasteiger partial charge in [0.25, 0.3) is 0 Å². The standard InChI is InChI=1S/C7H8.C4H6/c1-7-5-3-2-4-6-7;1-3-4-2/h2-6H,1H3;1H,4H2,2H3. The van der Waals surface area contributed by atoms with Crippen molar-refractivity contribution in [3.05, 3.63) is 35.9 Å². The highest BCUT2D eigenvalue weighted by Gasteiger charge is 1.72. The van der Waals surface area contributed by atoms with Crippen LogP contribution in [0.5, 0.6) is 0 Å². The highest BCUT2D eigenvalue weighted by atomic mass is 13.8. The summed E-state index contributed by atoms with van der Waals surface area (Å²) in [6.07, 6.45) is 5.62. The zero-order valence-electron chi connectivity index (χ0n) is 7.17. The molecule has 0 amide bonds. The van der Waals surface area contributed by atoms with Crippen LogP contribution >= 0.6 is 0 Å². The smallest absolute Gasteiger partial charge is 0.00576 e. The Bertz CT molecular complexity index is 203. The number of terminal acetylenes is 1. The van der Waals surface area contributed by atoms with E-state index in [-0.39, 0.29) is 0 Å². The molecule has 0 radical (unpaired) electrons. The first-order valence-electron chi connectivity index (χ1n) is 3.76. The molecule has 0 heteroatoms. The van der Waals surface area contributed by atoms with Gasteiger partial charge in [0.1, 0.15) is 0 Å². The van der Waals surface area contributed by atoms with Crippen LogP contribution in [0.2, 0.25) is 0 Å². The molecule has 0 aromatic heterocycles. The quantitative estimate of drug-likeness (QED) is 0.493. The van der Waals surface area contributed by atoms with Crippen molar-refractivity contribution < 1.29 is 0 Å². The largest absolute Gasteiger partial charge is 0.120 e. The van der Waals surface area contributed by atoms with Gasteiger partial charge in [-0.05, 0) is 6.92 Å². The van der Waals surface area contributed by atoms with Crippen molar-refractivity contribution >= 4 is 0 Å². The highest BCUT2D eigenvalue weighted by Crippen LogP contribution is 1.92. The van der Waals surface area contributed by atoms with Crippen LogP contribution in [-0.4, -0.2) is 0 Å². The normalized spacial score (nSPS) is 7.36. The van der Waals surface area contributed by atoms with Crippen molar-refractivity contribution in [2.75, 3.05) is 0 Å². The lowest BCUT2D eigenvalue weighted by Crippen LogP contribution is -1.62. The molecule has 0 spiro atoms. The van der Waals surface area contributed by atoms with E-state index < -0.39 is 0 Å². The fourth-order valence-corrected chi connectivity index (χ4v) is 0.534. The van der Waals surface area contributed by atoms with Gasteiger partial charge in [-0.3, -0.25) is 0 Å². The van der Waals surface area contributed by atoms with Crippen molar-refractivity contribution in [3.63, 3.8) is 0 Å². The molecule has 0 saturated heterocycles. The summed E-state index contributed by atoms with van der Waals surface area (Å²) in [5, 5.41) is 0. The lowest BCUT2D eigenvalue weighted by atomic mass is 10.2. The van der Waals surface area contributed by atoms with Crippen molar-refractivity contribution in [2.45, 2.75) is 20.3 Å². The molecule has 58 valence electrons. The summed E-state index contributed by atoms with van der Waals surface area (Å²) >= 11 is 0. The number of hydrogen-bond donors (Lipinski definition) is 0. The lowest BCUT2D eigenvalue weighted by Gasteiger charge is -1.82. The van der Waals surface area contributed by atoms with Crippen LogP contribution < -0.4 is 0 Å². The van der Waals surface area contributed by atoms with Gasteiger partial charge < -0.3 is 0 Å². The second-order valence-electron chi connectivity index (χ2n) is 2.21. The minimum absolute atomic E-state index is 0.847. The van der Waals surface area contributed by atoms with Gasteiger partial charge in [0.15, 0.2) is 0 Å². The van der Waals surface area contributed by atoms with Crippen LogP contribution in [0.4, 0.5) is 0 Å². The minimum atomic E-state index is 0.847. The zero-order valence-corrected chi connectivity index (χ0v) is 7.17. The molecule has 11 heavy (non-hydrogen) atoms. The van der Waals surface area contributed by atoms with Gasteiger partial charge in [0, 0.05) is 6.42 Å². The summed E-state index contributed by atoms with van der Waals surface area (Å²) in [5.74, 6) is 2.43. The monoisotopic (exact) mass is 146 g/mol. The van der Waals surface area contributed by atoms with Crippen LogP contribution in [0.3, 0.4) is 0 Å². The third kappa shape index (κ3) is 6.67. The first-order chi connectivity index (χ1) is 5.31. The zero-order chi connectivity index (χ0) is 8.53. The molecule has 0 unspecified atom stereocenters. The SMILES string of the molecule is C#CCC.Cc1ccccc1. The number of rotatable bonds is 0. The van der Waals surface area contributed by atoms with E-state index in [2.05, 4.69) is 25.0 Å². The van der Waals surface area contributed by atoms with Gasteiger partial charge in [0.2, 0.25) is 0 Å². The molecule has 1 aromatic carbocycles. The van der Waals surface area contributed by atoms with Gasteiger partial charge in [0.05, 0.1) is 0 Å². The summed E-state index contributed by atoms with van der Waals surface area (Å²) in [5.41, 5.74) is 1.32. The van der Waals surface area contributed by atoms with Crippen LogP contribution in [0.1, 0.15) is 18.9 Å². The Kier molecular flexibility index (Phi) is 6.13. The maximum absolute atomic E-state index is 4.78. The van der Waals surface area contributed by atoms with Gasteiger partial charge in [-0.2, -0.15) is 0 Å². The molecular weight excluding hydrogens is 132 g/mol. The Labute approximate surface area is 69.3 Å². The van der Waals surface area contributed by atoms with Crippen LogP contribution in [0.15, 0.2) is 30.3 Å². The maximum Gasteiger partial charge on any atom is 0.00576 e. The van der Waals surface area contributed by atoms with Gasteiger partial charge >= 0.3 is 0 Å². The summed E-state index contributed by atoms with van der Waals surface area (Å²) in [6, 6.07) is 10.3. The van der Waals surface area contributed by atoms with E-state index in [0.29, 0.717) is 0 Å². The Morgan fingerprint density at radius 1 is 1.27 bits per heavy atom. The van der Waals surface area contributed by atoms with Crippen molar-refractivity contribution in [1.29, 1.82) is 0 Å². The number of hydrogen-bond acceptors (Lipinski definition) is 0. The predicted octanol–water partition coefficient (Wildman–Crippen LogP) is 3.02. The average Bonchev–Trinajstić information content (AvgIpc) is 2.07. The first-order valence-corrected chi connectivity index (χ1v) is 3.76. The van der Waals surface area contributed by atoms with Gasteiger partial charge in [-0.15, -0.1) is 12.3 Å². The Morgan fingerprint density at radius 2 is 1.73 bits per heavy atom. The second-order valence-corrected chi connectivity index (χ2v) is 2.21. The van der Waals surface area contributed by atoms with Gasteiger partial charge in [-0.25, -0.2) is 0 Å². The molecule has 0 aliphatic rings. The molecule has 0 atom stereocenters. The van der Waals surface area contributed by atoms with E-state index in [1.54, 1.807) is 0 Å². The van der Waals surface area contributed by atoms with E-state index in [0.717, 1.165) is 6.42 Å². The molecule has 1 rings (SSSR count). The minimum Gasteiger partial charge on any atom is -0.120 e. The number of benzene rings is 1. The second kappa shape index (κ2) is 6.89. The molecular formula is C11H14. The Morgan fingerprint density at radius 3 is 1.91 bits per heavy atom. The summed E-state index contributed by atoms with van der Waals surface area (Å²) in [4.78, 5) is 0. The van der Waals surface area contributed by atoms with Crippen molar-refractivity contribution in [1.82, 2.24) is 0 Å². The molecule has 0 aliphatic heterocycles. The van der Waals surface area contributed by atoms with Crippen LogP contribution in [-0.2, 0) is 0 Å². The molecule has 0 nitrogen and oxygen atoms in total.